The minimum Gasteiger partial charge on any atom is -0.338 e. The number of aromatic nitrogens is 2. The number of hydrogen-bond acceptors (Lipinski definition) is 5. The van der Waals surface area contributed by atoms with E-state index in [0.29, 0.717) is 49.4 Å². The van der Waals surface area contributed by atoms with Gasteiger partial charge in [-0.25, -0.2) is 4.79 Å². The van der Waals surface area contributed by atoms with Crippen LogP contribution in [0.4, 0.5) is 10.6 Å². The van der Waals surface area contributed by atoms with Crippen molar-refractivity contribution < 1.29 is 9.59 Å². The van der Waals surface area contributed by atoms with Crippen LogP contribution in [0.2, 0.25) is 0 Å². The normalized spacial score (nSPS) is 16.2. The van der Waals surface area contributed by atoms with Gasteiger partial charge in [0.25, 0.3) is 5.91 Å². The molecule has 1 aliphatic heterocycles. The third-order valence-electron chi connectivity index (χ3n) is 5.87. The second-order valence-electron chi connectivity index (χ2n) is 9.39. The van der Waals surface area contributed by atoms with E-state index in [4.69, 9.17) is 0 Å². The van der Waals surface area contributed by atoms with Gasteiger partial charge in [-0.3, -0.25) is 10.1 Å². The average molecular weight is 453 g/mol. The Labute approximate surface area is 196 Å². The van der Waals surface area contributed by atoms with Crippen molar-refractivity contribution in [2.75, 3.05) is 31.5 Å². The van der Waals surface area contributed by atoms with Crippen molar-refractivity contribution in [3.05, 3.63) is 53.2 Å². The van der Waals surface area contributed by atoms with Crippen LogP contribution >= 0.6 is 0 Å². The number of hydrogen-bond donors (Lipinski definition) is 3. The van der Waals surface area contributed by atoms with E-state index < -0.39 is 0 Å². The summed E-state index contributed by atoms with van der Waals surface area (Å²) >= 11 is 0. The molecule has 0 spiro atoms. The number of nitrogens with one attached hydrogen (secondary N) is 3. The molecule has 2 aromatic rings. The van der Waals surface area contributed by atoms with Crippen molar-refractivity contribution in [2.45, 2.75) is 46.6 Å². The predicted molar refractivity (Wildman–Crippen MR) is 130 cm³/mol. The highest BCUT2D eigenvalue weighted by molar-refractivity contribution is 5.93. The van der Waals surface area contributed by atoms with Gasteiger partial charge in [-0.05, 0) is 29.9 Å². The molecule has 1 atom stereocenters. The molecular weight excluding hydrogens is 416 g/mol. The molecule has 0 bridgehead atoms. The summed E-state index contributed by atoms with van der Waals surface area (Å²) in [4.78, 5) is 27.4. The van der Waals surface area contributed by atoms with E-state index >= 15 is 0 Å². The van der Waals surface area contributed by atoms with Crippen LogP contribution in [0.1, 0.15) is 55.7 Å². The highest BCUT2D eigenvalue weighted by atomic mass is 16.2. The monoisotopic (exact) mass is 452 g/mol. The molecule has 33 heavy (non-hydrogen) atoms. The summed E-state index contributed by atoms with van der Waals surface area (Å²) in [6.07, 6.45) is 1.43. The third kappa shape index (κ3) is 7.25. The van der Waals surface area contributed by atoms with Crippen LogP contribution in [-0.4, -0.2) is 59.3 Å². The van der Waals surface area contributed by atoms with Crippen molar-refractivity contribution in [1.29, 1.82) is 0 Å². The van der Waals surface area contributed by atoms with Gasteiger partial charge in [-0.15, -0.1) is 10.2 Å². The summed E-state index contributed by atoms with van der Waals surface area (Å²) in [5.41, 5.74) is 2.12. The quantitative estimate of drug-likeness (QED) is 0.571. The van der Waals surface area contributed by atoms with Gasteiger partial charge in [0.15, 0.2) is 11.5 Å². The smallest absolute Gasteiger partial charge is 0.320 e. The number of carbonyl (C=O) groups excluding carboxylic acids is 2. The average Bonchev–Trinajstić information content (AvgIpc) is 2.80. The van der Waals surface area contributed by atoms with Gasteiger partial charge in [-0.1, -0.05) is 58.0 Å². The Morgan fingerprint density at radius 3 is 2.61 bits per heavy atom. The molecule has 2 heterocycles. The molecular formula is C25H36N6O2. The van der Waals surface area contributed by atoms with E-state index in [1.54, 1.807) is 6.07 Å². The maximum absolute atomic E-state index is 13.2. The molecule has 0 saturated carbocycles. The molecule has 0 aliphatic carbocycles. The van der Waals surface area contributed by atoms with E-state index in [0.717, 1.165) is 24.1 Å². The highest BCUT2D eigenvalue weighted by Gasteiger charge is 2.27. The zero-order chi connectivity index (χ0) is 23.8. The standard InChI is InChI=1S/C25H36N6O2/c1-17(2)10-11-27-25(33)28-23-20(14-19-8-6-5-7-9-19)15-21(29-30-23)24(32)31-13-12-26-22(16-31)18(3)4/h5-9,15,17-18,22,26H,10-14,16H2,1-4H3,(H2,27,28,30,33)/t22-/m1/s1. The van der Waals surface area contributed by atoms with E-state index in [-0.39, 0.29) is 18.0 Å². The first-order valence-electron chi connectivity index (χ1n) is 11.8. The van der Waals surface area contributed by atoms with Crippen molar-refractivity contribution in [3.8, 4) is 0 Å². The number of amides is 3. The van der Waals surface area contributed by atoms with E-state index in [2.05, 4.69) is 53.8 Å². The highest BCUT2D eigenvalue weighted by Crippen LogP contribution is 2.19. The molecule has 0 unspecified atom stereocenters. The Bertz CT molecular complexity index is 932. The van der Waals surface area contributed by atoms with Crippen LogP contribution in [0.15, 0.2) is 36.4 Å². The van der Waals surface area contributed by atoms with Crippen LogP contribution in [0.25, 0.3) is 0 Å². The fourth-order valence-corrected chi connectivity index (χ4v) is 3.79. The Hall–Kier alpha value is -3.00. The Balaban J connectivity index is 1.79. The van der Waals surface area contributed by atoms with Crippen molar-refractivity contribution >= 4 is 17.8 Å². The van der Waals surface area contributed by atoms with Gasteiger partial charge < -0.3 is 15.5 Å². The van der Waals surface area contributed by atoms with Crippen LogP contribution in [0, 0.1) is 11.8 Å². The number of piperazine rings is 1. The first-order valence-corrected chi connectivity index (χ1v) is 11.8. The van der Waals surface area contributed by atoms with Crippen molar-refractivity contribution in [3.63, 3.8) is 0 Å². The SMILES string of the molecule is CC(C)CCNC(=O)Nc1nnc(C(=O)N2CCN[C@@H](C(C)C)C2)cc1Cc1ccccc1. The molecule has 3 amide bonds. The second kappa shape index (κ2) is 11.7. The second-order valence-corrected chi connectivity index (χ2v) is 9.39. The van der Waals surface area contributed by atoms with Gasteiger partial charge in [0.1, 0.15) is 0 Å². The van der Waals surface area contributed by atoms with Crippen molar-refractivity contribution in [2.24, 2.45) is 11.8 Å². The fraction of sp³-hybridized carbons (Fsp3) is 0.520. The van der Waals surface area contributed by atoms with Gasteiger partial charge in [0.05, 0.1) is 0 Å². The van der Waals surface area contributed by atoms with Crippen LogP contribution < -0.4 is 16.0 Å². The van der Waals surface area contributed by atoms with Crippen LogP contribution in [-0.2, 0) is 6.42 Å². The van der Waals surface area contributed by atoms with Crippen LogP contribution in [0.5, 0.6) is 0 Å². The topological polar surface area (TPSA) is 99.2 Å². The summed E-state index contributed by atoms with van der Waals surface area (Å²) in [5, 5.41) is 17.6. The molecule has 1 aromatic carbocycles. The lowest BCUT2D eigenvalue weighted by Gasteiger charge is -2.35. The summed E-state index contributed by atoms with van der Waals surface area (Å²) in [7, 11) is 0. The lowest BCUT2D eigenvalue weighted by molar-refractivity contribution is 0.0676. The van der Waals surface area contributed by atoms with E-state index in [1.165, 1.54) is 0 Å². The third-order valence-corrected chi connectivity index (χ3v) is 5.87. The summed E-state index contributed by atoms with van der Waals surface area (Å²) in [6.45, 7) is 11.1. The molecule has 3 rings (SSSR count). The molecule has 1 aliphatic rings. The molecule has 1 saturated heterocycles. The Morgan fingerprint density at radius 1 is 1.15 bits per heavy atom. The van der Waals surface area contributed by atoms with E-state index in [9.17, 15) is 9.59 Å². The first-order chi connectivity index (χ1) is 15.8. The molecule has 3 N–H and O–H groups in total. The zero-order valence-electron chi connectivity index (χ0n) is 20.1. The number of benzene rings is 1. The van der Waals surface area contributed by atoms with E-state index in [1.807, 2.05) is 35.2 Å². The lowest BCUT2D eigenvalue weighted by Crippen LogP contribution is -2.54. The maximum atomic E-state index is 13.2. The summed E-state index contributed by atoms with van der Waals surface area (Å²) in [5.74, 6) is 1.18. The number of rotatable bonds is 8. The van der Waals surface area contributed by atoms with Gasteiger partial charge in [0.2, 0.25) is 0 Å². The molecule has 8 heteroatoms. The number of carbonyl (C=O) groups is 2. The first kappa shape index (κ1) is 24.6. The van der Waals surface area contributed by atoms with Crippen LogP contribution in [0.3, 0.4) is 0 Å². The minimum atomic E-state index is -0.319. The minimum absolute atomic E-state index is 0.128. The molecule has 8 nitrogen and oxygen atoms in total. The zero-order valence-corrected chi connectivity index (χ0v) is 20.1. The van der Waals surface area contributed by atoms with Gasteiger partial charge in [0, 0.05) is 44.2 Å². The molecule has 1 aromatic heterocycles. The maximum Gasteiger partial charge on any atom is 0.320 e. The summed E-state index contributed by atoms with van der Waals surface area (Å²) in [6, 6.07) is 11.6. The predicted octanol–water partition coefficient (Wildman–Crippen LogP) is 3.31. The molecule has 1 fully saturated rings. The molecule has 178 valence electrons. The number of nitrogens with zero attached hydrogens (tertiary/aromatic N) is 3. The Morgan fingerprint density at radius 2 is 1.91 bits per heavy atom. The number of urea groups is 1. The van der Waals surface area contributed by atoms with Gasteiger partial charge >= 0.3 is 6.03 Å². The lowest BCUT2D eigenvalue weighted by atomic mass is 10.0. The van der Waals surface area contributed by atoms with Crippen molar-refractivity contribution in [1.82, 2.24) is 25.7 Å². The summed E-state index contributed by atoms with van der Waals surface area (Å²) < 4.78 is 0. The fourth-order valence-electron chi connectivity index (χ4n) is 3.79. The number of anilines is 1. The van der Waals surface area contributed by atoms with Gasteiger partial charge in [-0.2, -0.15) is 0 Å². The molecule has 0 radical (unpaired) electrons. The Kier molecular flexibility index (Phi) is 8.77. The largest absolute Gasteiger partial charge is 0.338 e.